The molecule has 0 saturated carbocycles. The molecule has 0 aromatic carbocycles. The molecule has 1 atom stereocenters. The quantitative estimate of drug-likeness (QED) is 0.803. The van der Waals surface area contributed by atoms with Gasteiger partial charge in [0.05, 0.1) is 27.0 Å². The Balaban J connectivity index is 2.38. The predicted molar refractivity (Wildman–Crippen MR) is 72.3 cm³/mol. The highest BCUT2D eigenvalue weighted by Crippen LogP contribution is 2.45. The predicted octanol–water partition coefficient (Wildman–Crippen LogP) is 2.59. The first-order chi connectivity index (χ1) is 7.23. The second-order valence-electron chi connectivity index (χ2n) is 5.51. The first-order valence-corrected chi connectivity index (χ1v) is 6.49. The largest absolute Gasteiger partial charge is 0.383 e. The summed E-state index contributed by atoms with van der Waals surface area (Å²) < 4.78 is 8.95. The van der Waals surface area contributed by atoms with Crippen LogP contribution in [-0.2, 0) is 4.74 Å². The maximum absolute atomic E-state index is 6.05. The van der Waals surface area contributed by atoms with Crippen molar-refractivity contribution in [3.63, 3.8) is 0 Å². The fourth-order valence-electron chi connectivity index (χ4n) is 2.51. The second kappa shape index (κ2) is 3.60. The molecule has 1 aliphatic heterocycles. The molecular weight excluding hydrogens is 317 g/mol. The second-order valence-corrected chi connectivity index (χ2v) is 6.67. The Morgan fingerprint density at radius 2 is 2.12 bits per heavy atom. The molecule has 1 fully saturated rings. The maximum atomic E-state index is 6.05. The Morgan fingerprint density at radius 3 is 2.50 bits per heavy atom. The molecule has 0 spiro atoms. The minimum absolute atomic E-state index is 0.113. The minimum Gasteiger partial charge on any atom is -0.383 e. The lowest BCUT2D eigenvalue weighted by molar-refractivity contribution is -0.0735. The fourth-order valence-corrected chi connectivity index (χ4v) is 2.88. The number of rotatable bonds is 1. The number of anilines is 1. The topological polar surface area (TPSA) is 53.1 Å². The van der Waals surface area contributed by atoms with Crippen molar-refractivity contribution in [2.75, 3.05) is 5.73 Å². The molecule has 1 saturated heterocycles. The lowest BCUT2D eigenvalue weighted by Crippen LogP contribution is -2.32. The van der Waals surface area contributed by atoms with Crippen molar-refractivity contribution in [1.29, 1.82) is 0 Å². The lowest BCUT2D eigenvalue weighted by Gasteiger charge is -2.27. The molecule has 16 heavy (non-hydrogen) atoms. The van der Waals surface area contributed by atoms with Crippen molar-refractivity contribution in [1.82, 2.24) is 9.78 Å². The third-order valence-electron chi connectivity index (χ3n) is 3.11. The molecule has 1 aromatic heterocycles. The minimum atomic E-state index is -0.229. The van der Waals surface area contributed by atoms with Gasteiger partial charge in [-0.05, 0) is 50.3 Å². The Morgan fingerprint density at radius 1 is 1.50 bits per heavy atom. The summed E-state index contributed by atoms with van der Waals surface area (Å²) in [4.78, 5) is 0. The number of nitrogens with two attached hydrogens (primary N) is 1. The smallest absolute Gasteiger partial charge is 0.135 e. The van der Waals surface area contributed by atoms with Crippen LogP contribution < -0.4 is 5.73 Å². The molecule has 1 aliphatic rings. The summed E-state index contributed by atoms with van der Waals surface area (Å²) >= 11 is 2.20. The Bertz CT molecular complexity index is 411. The Hall–Kier alpha value is -0.300. The van der Waals surface area contributed by atoms with E-state index in [1.54, 1.807) is 6.20 Å². The zero-order chi connectivity index (χ0) is 12.1. The van der Waals surface area contributed by atoms with E-state index < -0.39 is 0 Å². The lowest BCUT2D eigenvalue weighted by atomic mass is 9.94. The summed E-state index contributed by atoms with van der Waals surface area (Å²) in [7, 11) is 0. The van der Waals surface area contributed by atoms with E-state index in [1.807, 2.05) is 4.68 Å². The van der Waals surface area contributed by atoms with Gasteiger partial charge in [0.1, 0.15) is 5.82 Å². The first-order valence-electron chi connectivity index (χ1n) is 5.42. The molecule has 2 N–H and O–H groups in total. The van der Waals surface area contributed by atoms with E-state index >= 15 is 0 Å². The molecule has 0 bridgehead atoms. The van der Waals surface area contributed by atoms with Crippen molar-refractivity contribution in [3.05, 3.63) is 9.77 Å². The molecule has 4 nitrogen and oxygen atoms in total. The normalized spacial score (nSPS) is 27.2. The number of halogens is 1. The monoisotopic (exact) mass is 335 g/mol. The standard InChI is InChI=1S/C11H18IN3O/c1-10(2)5-8(11(3,4)16-10)15-9(13)7(12)6-14-15/h6,8H,5,13H2,1-4H3. The van der Waals surface area contributed by atoms with Crippen LogP contribution in [0.3, 0.4) is 0 Å². The van der Waals surface area contributed by atoms with Crippen LogP contribution in [0.1, 0.15) is 40.2 Å². The highest BCUT2D eigenvalue weighted by molar-refractivity contribution is 14.1. The molecule has 0 amide bonds. The van der Waals surface area contributed by atoms with Gasteiger partial charge in [-0.3, -0.25) is 0 Å². The van der Waals surface area contributed by atoms with Crippen molar-refractivity contribution in [2.24, 2.45) is 0 Å². The van der Waals surface area contributed by atoms with Crippen molar-refractivity contribution >= 4 is 28.4 Å². The molecular formula is C11H18IN3O. The average Bonchev–Trinajstić information content (AvgIpc) is 2.52. The third-order valence-corrected chi connectivity index (χ3v) is 3.94. The van der Waals surface area contributed by atoms with Crippen molar-refractivity contribution in [2.45, 2.75) is 51.4 Å². The zero-order valence-electron chi connectivity index (χ0n) is 10.1. The van der Waals surface area contributed by atoms with Crippen LogP contribution in [0.25, 0.3) is 0 Å². The number of nitrogens with zero attached hydrogens (tertiary/aromatic N) is 2. The van der Waals surface area contributed by atoms with Gasteiger partial charge in [-0.25, -0.2) is 4.68 Å². The molecule has 0 aliphatic carbocycles. The summed E-state index contributed by atoms with van der Waals surface area (Å²) in [6.45, 7) is 8.42. The van der Waals surface area contributed by atoms with Crippen LogP contribution in [0.4, 0.5) is 5.82 Å². The van der Waals surface area contributed by atoms with Gasteiger partial charge >= 0.3 is 0 Å². The number of hydrogen-bond donors (Lipinski definition) is 1. The molecule has 5 heteroatoms. The van der Waals surface area contributed by atoms with Gasteiger partial charge in [0.15, 0.2) is 0 Å². The van der Waals surface area contributed by atoms with E-state index in [0.29, 0.717) is 0 Å². The van der Waals surface area contributed by atoms with Crippen LogP contribution in [-0.4, -0.2) is 21.0 Å². The first kappa shape index (κ1) is 12.2. The molecule has 90 valence electrons. The van der Waals surface area contributed by atoms with E-state index in [4.69, 9.17) is 10.5 Å². The molecule has 1 unspecified atom stereocenters. The average molecular weight is 335 g/mol. The van der Waals surface area contributed by atoms with Crippen LogP contribution in [0.15, 0.2) is 6.20 Å². The van der Waals surface area contributed by atoms with E-state index in [2.05, 4.69) is 55.4 Å². The SMILES string of the molecule is CC1(C)CC(n2ncc(I)c2N)C(C)(C)O1. The molecule has 2 rings (SSSR count). The highest BCUT2D eigenvalue weighted by Gasteiger charge is 2.47. The Kier molecular flexibility index (Phi) is 2.73. The number of hydrogen-bond acceptors (Lipinski definition) is 3. The summed E-state index contributed by atoms with van der Waals surface area (Å²) in [5.74, 6) is 0.736. The maximum Gasteiger partial charge on any atom is 0.135 e. The van der Waals surface area contributed by atoms with Gasteiger partial charge in [-0.15, -0.1) is 0 Å². The van der Waals surface area contributed by atoms with E-state index in [-0.39, 0.29) is 17.2 Å². The number of ether oxygens (including phenoxy) is 1. The van der Waals surface area contributed by atoms with Crippen LogP contribution >= 0.6 is 22.6 Å². The zero-order valence-corrected chi connectivity index (χ0v) is 12.3. The summed E-state index contributed by atoms with van der Waals surface area (Å²) in [6.07, 6.45) is 2.74. The van der Waals surface area contributed by atoms with Gasteiger partial charge < -0.3 is 10.5 Å². The van der Waals surface area contributed by atoms with Crippen molar-refractivity contribution in [3.8, 4) is 0 Å². The summed E-state index contributed by atoms with van der Waals surface area (Å²) in [5, 5.41) is 4.36. The highest BCUT2D eigenvalue weighted by atomic mass is 127. The molecule has 2 heterocycles. The Labute approximate surface area is 110 Å². The van der Waals surface area contributed by atoms with E-state index in [0.717, 1.165) is 15.8 Å². The van der Waals surface area contributed by atoms with Crippen LogP contribution in [0.5, 0.6) is 0 Å². The van der Waals surface area contributed by atoms with Crippen molar-refractivity contribution < 1.29 is 4.74 Å². The van der Waals surface area contributed by atoms with Gasteiger partial charge in [0, 0.05) is 6.42 Å². The fraction of sp³-hybridized carbons (Fsp3) is 0.727. The van der Waals surface area contributed by atoms with Gasteiger partial charge in [0.25, 0.3) is 0 Å². The number of nitrogen functional groups attached to an aromatic ring is 1. The van der Waals surface area contributed by atoms with Gasteiger partial charge in [-0.2, -0.15) is 5.10 Å². The number of aromatic nitrogens is 2. The third kappa shape index (κ3) is 1.95. The van der Waals surface area contributed by atoms with E-state index in [1.165, 1.54) is 0 Å². The molecule has 1 aromatic rings. The van der Waals surface area contributed by atoms with Crippen LogP contribution in [0, 0.1) is 3.57 Å². The van der Waals surface area contributed by atoms with Gasteiger partial charge in [0.2, 0.25) is 0 Å². The summed E-state index contributed by atoms with van der Waals surface area (Å²) in [5.41, 5.74) is 5.69. The summed E-state index contributed by atoms with van der Waals surface area (Å²) in [6, 6.07) is 0.200. The van der Waals surface area contributed by atoms with Crippen LogP contribution in [0.2, 0.25) is 0 Å². The molecule has 0 radical (unpaired) electrons. The van der Waals surface area contributed by atoms with Gasteiger partial charge in [-0.1, -0.05) is 0 Å². The van der Waals surface area contributed by atoms with E-state index in [9.17, 15) is 0 Å².